The molecule has 0 amide bonds. The Morgan fingerprint density at radius 2 is 2.00 bits per heavy atom. The van der Waals surface area contributed by atoms with Crippen LogP contribution < -0.4 is 0 Å². The molecular formula is C4H8S. The van der Waals surface area contributed by atoms with Gasteiger partial charge in [0.1, 0.15) is 0 Å². The van der Waals surface area contributed by atoms with Crippen LogP contribution in [0.25, 0.3) is 0 Å². The number of hydrogen-bond donors (Lipinski definition) is 1. The fourth-order valence-corrected chi connectivity index (χ4v) is 0. The Morgan fingerprint density at radius 3 is 2.00 bits per heavy atom. The van der Waals surface area contributed by atoms with E-state index >= 15 is 0 Å². The lowest BCUT2D eigenvalue weighted by Crippen LogP contribution is -1.82. The predicted molar refractivity (Wildman–Crippen MR) is 28.1 cm³/mol. The SMILES string of the molecule is [CH2]CC([CH2])S. The van der Waals surface area contributed by atoms with E-state index in [0.29, 0.717) is 0 Å². The highest BCUT2D eigenvalue weighted by atomic mass is 32.1. The Kier molecular flexibility index (Phi) is 2.76. The van der Waals surface area contributed by atoms with Gasteiger partial charge in [0.05, 0.1) is 0 Å². The Labute approximate surface area is 39.0 Å². The fourth-order valence-electron chi connectivity index (χ4n) is 0. The van der Waals surface area contributed by atoms with E-state index in [1.165, 1.54) is 0 Å². The molecule has 0 aromatic rings. The molecule has 5 heavy (non-hydrogen) atoms. The summed E-state index contributed by atoms with van der Waals surface area (Å²) in [5.74, 6) is 0. The highest BCUT2D eigenvalue weighted by Gasteiger charge is 1.81. The molecule has 0 nitrogen and oxygen atoms in total. The summed E-state index contributed by atoms with van der Waals surface area (Å²) in [5.41, 5.74) is 0. The van der Waals surface area contributed by atoms with Gasteiger partial charge >= 0.3 is 0 Å². The van der Waals surface area contributed by atoms with Crippen molar-refractivity contribution < 1.29 is 0 Å². The van der Waals surface area contributed by atoms with E-state index in [1.54, 1.807) is 0 Å². The summed E-state index contributed by atoms with van der Waals surface area (Å²) in [6.07, 6.45) is 0.809. The molecule has 30 valence electrons. The van der Waals surface area contributed by atoms with Crippen molar-refractivity contribution in [3.8, 4) is 0 Å². The molecule has 0 saturated carbocycles. The van der Waals surface area contributed by atoms with Crippen molar-refractivity contribution >= 4 is 12.6 Å². The van der Waals surface area contributed by atoms with Crippen molar-refractivity contribution in [3.05, 3.63) is 13.8 Å². The third kappa shape index (κ3) is 4.35. The first kappa shape index (κ1) is 5.35. The molecule has 0 rings (SSSR count). The van der Waals surface area contributed by atoms with E-state index in [0.717, 1.165) is 6.42 Å². The van der Waals surface area contributed by atoms with Crippen molar-refractivity contribution in [2.75, 3.05) is 0 Å². The maximum absolute atomic E-state index is 3.92. The van der Waals surface area contributed by atoms with Crippen LogP contribution in [0.4, 0.5) is 0 Å². The average Bonchev–Trinajstić information content (AvgIpc) is 1.38. The molecule has 0 aliphatic carbocycles. The first-order valence-corrected chi connectivity index (χ1v) is 2.09. The van der Waals surface area contributed by atoms with E-state index in [1.807, 2.05) is 0 Å². The summed E-state index contributed by atoms with van der Waals surface area (Å²) in [6, 6.07) is 0. The van der Waals surface area contributed by atoms with Crippen LogP contribution in [-0.2, 0) is 0 Å². The zero-order valence-corrected chi connectivity index (χ0v) is 4.04. The van der Waals surface area contributed by atoms with Gasteiger partial charge in [-0.3, -0.25) is 0 Å². The van der Waals surface area contributed by atoms with Gasteiger partial charge in [0.15, 0.2) is 0 Å². The van der Waals surface area contributed by atoms with Crippen molar-refractivity contribution in [3.63, 3.8) is 0 Å². The van der Waals surface area contributed by atoms with Crippen LogP contribution in [0, 0.1) is 13.8 Å². The quantitative estimate of drug-likeness (QED) is 0.459. The van der Waals surface area contributed by atoms with Crippen molar-refractivity contribution in [2.45, 2.75) is 11.7 Å². The van der Waals surface area contributed by atoms with Crippen LogP contribution in [0.15, 0.2) is 0 Å². The van der Waals surface area contributed by atoms with Gasteiger partial charge in [0.25, 0.3) is 0 Å². The van der Waals surface area contributed by atoms with Gasteiger partial charge in [0.2, 0.25) is 0 Å². The highest BCUT2D eigenvalue weighted by molar-refractivity contribution is 7.81. The lowest BCUT2D eigenvalue weighted by atomic mass is 10.4. The molecule has 0 bridgehead atoms. The minimum absolute atomic E-state index is 0.218. The average molecular weight is 88.2 g/mol. The topological polar surface area (TPSA) is 0 Å². The van der Waals surface area contributed by atoms with Crippen LogP contribution >= 0.6 is 12.6 Å². The summed E-state index contributed by atoms with van der Waals surface area (Å²) >= 11 is 3.92. The predicted octanol–water partition coefficient (Wildman–Crippen LogP) is 1.34. The first-order valence-electron chi connectivity index (χ1n) is 1.57. The van der Waals surface area contributed by atoms with Gasteiger partial charge in [-0.1, -0.05) is 6.92 Å². The lowest BCUT2D eigenvalue weighted by molar-refractivity contribution is 1.08. The zero-order chi connectivity index (χ0) is 4.28. The van der Waals surface area contributed by atoms with E-state index in [4.69, 9.17) is 0 Å². The smallest absolute Gasteiger partial charge is 0.00172 e. The molecule has 0 saturated heterocycles. The normalized spacial score (nSPS) is 15.0. The lowest BCUT2D eigenvalue weighted by Gasteiger charge is -1.89. The van der Waals surface area contributed by atoms with Gasteiger partial charge in [0, 0.05) is 5.25 Å². The molecule has 0 aliphatic rings. The molecule has 0 spiro atoms. The molecular weight excluding hydrogens is 80.1 g/mol. The molecule has 0 aliphatic heterocycles. The maximum Gasteiger partial charge on any atom is 0.00172 e. The minimum Gasteiger partial charge on any atom is -0.176 e. The van der Waals surface area contributed by atoms with E-state index in [2.05, 4.69) is 26.5 Å². The van der Waals surface area contributed by atoms with Gasteiger partial charge in [-0.25, -0.2) is 0 Å². The van der Waals surface area contributed by atoms with E-state index in [9.17, 15) is 0 Å². The van der Waals surface area contributed by atoms with Gasteiger partial charge < -0.3 is 0 Å². The molecule has 0 N–H and O–H groups in total. The molecule has 0 aromatic carbocycles. The van der Waals surface area contributed by atoms with E-state index < -0.39 is 0 Å². The Bertz CT molecular complexity index is 17.6. The van der Waals surface area contributed by atoms with Crippen molar-refractivity contribution in [2.24, 2.45) is 0 Å². The Hall–Kier alpha value is 0.350. The van der Waals surface area contributed by atoms with Crippen LogP contribution in [0.2, 0.25) is 0 Å². The zero-order valence-electron chi connectivity index (χ0n) is 3.15. The van der Waals surface area contributed by atoms with Crippen LogP contribution in [-0.4, -0.2) is 5.25 Å². The Balaban J connectivity index is 2.54. The first-order chi connectivity index (χ1) is 2.27. The van der Waals surface area contributed by atoms with Crippen molar-refractivity contribution in [1.82, 2.24) is 0 Å². The Morgan fingerprint density at radius 1 is 1.80 bits per heavy atom. The third-order valence-corrected chi connectivity index (χ3v) is 0.591. The summed E-state index contributed by atoms with van der Waals surface area (Å²) in [5, 5.41) is 0.218. The highest BCUT2D eigenvalue weighted by Crippen LogP contribution is 1.93. The molecule has 0 fully saturated rings. The molecule has 0 aromatic heterocycles. The molecule has 1 unspecified atom stereocenters. The van der Waals surface area contributed by atoms with Gasteiger partial charge in [-0.2, -0.15) is 12.6 Å². The maximum atomic E-state index is 3.92. The van der Waals surface area contributed by atoms with Crippen molar-refractivity contribution in [1.29, 1.82) is 0 Å². The van der Waals surface area contributed by atoms with Crippen LogP contribution in [0.5, 0.6) is 0 Å². The van der Waals surface area contributed by atoms with E-state index in [-0.39, 0.29) is 5.25 Å². The van der Waals surface area contributed by atoms with Crippen LogP contribution in [0.1, 0.15) is 6.42 Å². The summed E-state index contributed by atoms with van der Waals surface area (Å²) in [6.45, 7) is 7.10. The van der Waals surface area contributed by atoms with Gasteiger partial charge in [-0.05, 0) is 13.3 Å². The molecule has 1 atom stereocenters. The minimum atomic E-state index is 0.218. The third-order valence-electron chi connectivity index (χ3n) is 0.333. The second-order valence-electron chi connectivity index (χ2n) is 0.942. The second kappa shape index (κ2) is 2.58. The van der Waals surface area contributed by atoms with Gasteiger partial charge in [-0.15, -0.1) is 0 Å². The monoisotopic (exact) mass is 88.0 g/mol. The standard InChI is InChI=1S/C4H8S/c1-3-4(2)5/h4-5H,1-3H2. The molecule has 0 heterocycles. The summed E-state index contributed by atoms with van der Waals surface area (Å²) < 4.78 is 0. The number of hydrogen-bond acceptors (Lipinski definition) is 1. The number of thiol groups is 1. The van der Waals surface area contributed by atoms with Crippen LogP contribution in [0.3, 0.4) is 0 Å². The molecule has 2 radical (unpaired) electrons. The second-order valence-corrected chi connectivity index (χ2v) is 1.67. The fraction of sp³-hybridized carbons (Fsp3) is 0.500. The summed E-state index contributed by atoms with van der Waals surface area (Å²) in [4.78, 5) is 0. The number of rotatable bonds is 1. The molecule has 1 heteroatoms. The largest absolute Gasteiger partial charge is 0.176 e. The summed E-state index contributed by atoms with van der Waals surface area (Å²) in [7, 11) is 0.